The molecule has 0 atom stereocenters. The van der Waals surface area contributed by atoms with Crippen LogP contribution in [0.4, 0.5) is 5.95 Å². The van der Waals surface area contributed by atoms with E-state index >= 15 is 0 Å². The van der Waals surface area contributed by atoms with Crippen molar-refractivity contribution in [1.29, 1.82) is 0 Å². The molecule has 0 fully saturated rings. The summed E-state index contributed by atoms with van der Waals surface area (Å²) in [5, 5.41) is 11.6. The molecule has 7 nitrogen and oxygen atoms in total. The van der Waals surface area contributed by atoms with Crippen LogP contribution in [0.15, 0.2) is 59.5 Å². The summed E-state index contributed by atoms with van der Waals surface area (Å²) in [6, 6.07) is 14.9. The fourth-order valence-corrected chi connectivity index (χ4v) is 2.74. The number of aromatic nitrogens is 4. The summed E-state index contributed by atoms with van der Waals surface area (Å²) in [7, 11) is 0. The number of fused-ring (bicyclic) bond motifs is 2. The highest BCUT2D eigenvalue weighted by Gasteiger charge is 2.10. The van der Waals surface area contributed by atoms with Crippen LogP contribution in [-0.2, 0) is 11.2 Å². The summed E-state index contributed by atoms with van der Waals surface area (Å²) >= 11 is 0. The van der Waals surface area contributed by atoms with E-state index in [9.17, 15) is 9.59 Å². The number of hydrogen-bond acceptors (Lipinski definition) is 4. The lowest BCUT2D eigenvalue weighted by atomic mass is 10.1. The van der Waals surface area contributed by atoms with Gasteiger partial charge in [0.2, 0.25) is 11.9 Å². The molecule has 1 aromatic carbocycles. The fourth-order valence-electron chi connectivity index (χ4n) is 2.74. The topological polar surface area (TPSA) is 92.1 Å². The molecule has 0 saturated heterocycles. The van der Waals surface area contributed by atoms with Crippen molar-refractivity contribution in [1.82, 2.24) is 19.6 Å². The van der Waals surface area contributed by atoms with Crippen molar-refractivity contribution in [2.24, 2.45) is 0 Å². The van der Waals surface area contributed by atoms with Crippen LogP contribution >= 0.6 is 0 Å². The Bertz CT molecular complexity index is 1130. The van der Waals surface area contributed by atoms with Crippen LogP contribution < -0.4 is 10.9 Å². The van der Waals surface area contributed by atoms with E-state index in [4.69, 9.17) is 0 Å². The predicted molar refractivity (Wildman–Crippen MR) is 94.5 cm³/mol. The van der Waals surface area contributed by atoms with Crippen LogP contribution in [0, 0.1) is 0 Å². The largest absolute Gasteiger partial charge is 0.322 e. The minimum Gasteiger partial charge on any atom is -0.322 e. The SMILES string of the molecule is O=C(CCc1cc2ccccc2[nH]c1=O)Nc1nnc2ccccn12. The molecule has 7 heteroatoms. The maximum Gasteiger partial charge on any atom is 0.251 e. The van der Waals surface area contributed by atoms with Crippen LogP contribution in [-0.4, -0.2) is 25.5 Å². The molecule has 4 aromatic rings. The highest BCUT2D eigenvalue weighted by atomic mass is 16.1. The third kappa shape index (κ3) is 2.99. The number of carbonyl (C=O) groups is 1. The molecule has 0 bridgehead atoms. The van der Waals surface area contributed by atoms with E-state index in [1.807, 2.05) is 42.5 Å². The Balaban J connectivity index is 1.48. The normalized spacial score (nSPS) is 11.0. The summed E-state index contributed by atoms with van der Waals surface area (Å²) in [5.74, 6) is 0.152. The number of anilines is 1. The van der Waals surface area contributed by atoms with Crippen molar-refractivity contribution >= 4 is 28.4 Å². The zero-order chi connectivity index (χ0) is 17.2. The first-order valence-corrected chi connectivity index (χ1v) is 7.91. The number of nitrogens with one attached hydrogen (secondary N) is 2. The molecule has 3 aromatic heterocycles. The van der Waals surface area contributed by atoms with Crippen LogP contribution in [0.1, 0.15) is 12.0 Å². The monoisotopic (exact) mass is 333 g/mol. The predicted octanol–water partition coefficient (Wildman–Crippen LogP) is 2.14. The number of para-hydroxylation sites is 1. The Kier molecular flexibility index (Phi) is 3.74. The van der Waals surface area contributed by atoms with Gasteiger partial charge >= 0.3 is 0 Å². The van der Waals surface area contributed by atoms with Gasteiger partial charge in [0.15, 0.2) is 5.65 Å². The van der Waals surface area contributed by atoms with Gasteiger partial charge in [-0.05, 0) is 36.1 Å². The van der Waals surface area contributed by atoms with E-state index in [1.54, 1.807) is 16.7 Å². The van der Waals surface area contributed by atoms with E-state index in [-0.39, 0.29) is 17.9 Å². The number of amides is 1. The zero-order valence-corrected chi connectivity index (χ0v) is 13.3. The number of aryl methyl sites for hydroxylation is 1. The molecular weight excluding hydrogens is 318 g/mol. The molecule has 0 aliphatic heterocycles. The summed E-state index contributed by atoms with van der Waals surface area (Å²) in [5.41, 5.74) is 1.86. The number of benzene rings is 1. The number of H-pyrrole nitrogens is 1. The third-order valence-corrected chi connectivity index (χ3v) is 4.02. The second kappa shape index (κ2) is 6.20. The maximum atomic E-state index is 12.2. The summed E-state index contributed by atoms with van der Waals surface area (Å²) in [6.45, 7) is 0. The number of rotatable bonds is 4. The standard InChI is InChI=1S/C18H15N5O2/c24-16(20-18-22-21-15-7-3-4-10-23(15)18)9-8-13-11-12-5-1-2-6-14(12)19-17(13)25/h1-7,10-11H,8-9H2,(H,19,25)(H,20,22,24). The molecule has 1 amide bonds. The smallest absolute Gasteiger partial charge is 0.251 e. The molecule has 2 N–H and O–H groups in total. The molecular formula is C18H15N5O2. The first-order chi connectivity index (χ1) is 12.2. The number of aromatic amines is 1. The van der Waals surface area contributed by atoms with Crippen molar-refractivity contribution in [3.8, 4) is 0 Å². The molecule has 25 heavy (non-hydrogen) atoms. The van der Waals surface area contributed by atoms with Gasteiger partial charge in [0.05, 0.1) is 0 Å². The molecule has 0 saturated carbocycles. The Morgan fingerprint density at radius 1 is 1.12 bits per heavy atom. The molecule has 0 spiro atoms. The van der Waals surface area contributed by atoms with E-state index in [1.165, 1.54) is 0 Å². The quantitative estimate of drug-likeness (QED) is 0.598. The Morgan fingerprint density at radius 2 is 1.96 bits per heavy atom. The van der Waals surface area contributed by atoms with Crippen molar-refractivity contribution in [3.05, 3.63) is 70.6 Å². The third-order valence-electron chi connectivity index (χ3n) is 4.02. The lowest BCUT2D eigenvalue weighted by Crippen LogP contribution is -2.18. The Hall–Kier alpha value is -3.48. The first-order valence-electron chi connectivity index (χ1n) is 7.91. The second-order valence-corrected chi connectivity index (χ2v) is 5.71. The van der Waals surface area contributed by atoms with Gasteiger partial charge in [-0.15, -0.1) is 10.2 Å². The van der Waals surface area contributed by atoms with Crippen LogP contribution in [0.2, 0.25) is 0 Å². The van der Waals surface area contributed by atoms with Crippen molar-refractivity contribution in [2.75, 3.05) is 5.32 Å². The molecule has 0 aliphatic carbocycles. The number of nitrogens with zero attached hydrogens (tertiary/aromatic N) is 3. The van der Waals surface area contributed by atoms with Crippen LogP contribution in [0.25, 0.3) is 16.6 Å². The Morgan fingerprint density at radius 3 is 2.88 bits per heavy atom. The van der Waals surface area contributed by atoms with Gasteiger partial charge in [-0.1, -0.05) is 24.3 Å². The van der Waals surface area contributed by atoms with E-state index in [0.29, 0.717) is 23.6 Å². The second-order valence-electron chi connectivity index (χ2n) is 5.71. The van der Waals surface area contributed by atoms with Crippen LogP contribution in [0.5, 0.6) is 0 Å². The highest BCUT2D eigenvalue weighted by Crippen LogP contribution is 2.12. The number of carbonyl (C=O) groups excluding carboxylic acids is 1. The summed E-state index contributed by atoms with van der Waals surface area (Å²) in [4.78, 5) is 27.2. The minimum absolute atomic E-state index is 0.167. The molecule has 4 rings (SSSR count). The van der Waals surface area contributed by atoms with E-state index < -0.39 is 0 Å². The lowest BCUT2D eigenvalue weighted by Gasteiger charge is -2.05. The molecule has 124 valence electrons. The molecule has 0 aliphatic rings. The Labute approximate surface area is 142 Å². The van der Waals surface area contributed by atoms with Gasteiger partial charge in [0, 0.05) is 23.7 Å². The van der Waals surface area contributed by atoms with Gasteiger partial charge in [-0.3, -0.25) is 19.3 Å². The van der Waals surface area contributed by atoms with Crippen molar-refractivity contribution in [3.63, 3.8) is 0 Å². The van der Waals surface area contributed by atoms with Crippen LogP contribution in [0.3, 0.4) is 0 Å². The summed E-state index contributed by atoms with van der Waals surface area (Å²) in [6.07, 6.45) is 2.31. The van der Waals surface area contributed by atoms with Gasteiger partial charge in [0.1, 0.15) is 0 Å². The fraction of sp³-hybridized carbons (Fsp3) is 0.111. The van der Waals surface area contributed by atoms with Crippen molar-refractivity contribution < 1.29 is 4.79 Å². The van der Waals surface area contributed by atoms with E-state index in [0.717, 1.165) is 10.9 Å². The first kappa shape index (κ1) is 15.1. The number of pyridine rings is 2. The maximum absolute atomic E-state index is 12.2. The highest BCUT2D eigenvalue weighted by molar-refractivity contribution is 5.89. The lowest BCUT2D eigenvalue weighted by molar-refractivity contribution is -0.116. The average molecular weight is 333 g/mol. The molecule has 3 heterocycles. The van der Waals surface area contributed by atoms with E-state index in [2.05, 4.69) is 20.5 Å². The van der Waals surface area contributed by atoms with Gasteiger partial charge in [0.25, 0.3) is 5.56 Å². The van der Waals surface area contributed by atoms with Crippen molar-refractivity contribution in [2.45, 2.75) is 12.8 Å². The zero-order valence-electron chi connectivity index (χ0n) is 13.3. The van der Waals surface area contributed by atoms with Gasteiger partial charge in [-0.2, -0.15) is 0 Å². The minimum atomic E-state index is -0.217. The molecule has 0 unspecified atom stereocenters. The summed E-state index contributed by atoms with van der Waals surface area (Å²) < 4.78 is 1.70. The van der Waals surface area contributed by atoms with Gasteiger partial charge in [-0.25, -0.2) is 0 Å². The van der Waals surface area contributed by atoms with Gasteiger partial charge < -0.3 is 4.98 Å². The average Bonchev–Trinajstić information content (AvgIpc) is 3.03. The number of hydrogen-bond donors (Lipinski definition) is 2. The molecule has 0 radical (unpaired) electrons.